The minimum Gasteiger partial charge on any atom is -0.508 e. The van der Waals surface area contributed by atoms with Crippen LogP contribution in [0.25, 0.3) is 0 Å². The topological polar surface area (TPSA) is 32.3 Å². The number of thioether (sulfide) groups is 1. The van der Waals surface area contributed by atoms with Crippen LogP contribution < -0.4 is 5.32 Å². The number of aromatic hydroxyl groups is 1. The van der Waals surface area contributed by atoms with Crippen LogP contribution in [0.4, 0.5) is 0 Å². The first-order valence-corrected chi connectivity index (χ1v) is 7.64. The van der Waals surface area contributed by atoms with Gasteiger partial charge in [0, 0.05) is 17.8 Å². The van der Waals surface area contributed by atoms with Crippen molar-refractivity contribution in [2.75, 3.05) is 11.5 Å². The van der Waals surface area contributed by atoms with E-state index in [1.54, 1.807) is 0 Å². The average Bonchev–Trinajstić information content (AvgIpc) is 2.83. The highest BCUT2D eigenvalue weighted by Crippen LogP contribution is 2.33. The van der Waals surface area contributed by atoms with E-state index in [4.69, 9.17) is 0 Å². The number of fused-ring (bicyclic) bond motifs is 1. The van der Waals surface area contributed by atoms with Gasteiger partial charge < -0.3 is 10.4 Å². The molecule has 2 nitrogen and oxygen atoms in total. The van der Waals surface area contributed by atoms with Gasteiger partial charge in [0.25, 0.3) is 0 Å². The zero-order valence-electron chi connectivity index (χ0n) is 9.98. The smallest absolute Gasteiger partial charge is 0.115 e. The van der Waals surface area contributed by atoms with Gasteiger partial charge in [-0.25, -0.2) is 0 Å². The molecule has 0 bridgehead atoms. The van der Waals surface area contributed by atoms with E-state index in [0.717, 1.165) is 6.42 Å². The van der Waals surface area contributed by atoms with E-state index in [1.807, 2.05) is 23.9 Å². The van der Waals surface area contributed by atoms with Crippen molar-refractivity contribution in [1.29, 1.82) is 0 Å². The van der Waals surface area contributed by atoms with Crippen LogP contribution in [0.1, 0.15) is 36.4 Å². The van der Waals surface area contributed by atoms with Crippen LogP contribution in [0.2, 0.25) is 0 Å². The molecule has 0 aromatic heterocycles. The van der Waals surface area contributed by atoms with Crippen LogP contribution in [0.15, 0.2) is 18.2 Å². The second-order valence-corrected chi connectivity index (χ2v) is 6.20. The summed E-state index contributed by atoms with van der Waals surface area (Å²) in [5, 5.41) is 13.4. The largest absolute Gasteiger partial charge is 0.508 e. The van der Waals surface area contributed by atoms with Crippen molar-refractivity contribution >= 4 is 11.8 Å². The fourth-order valence-corrected chi connectivity index (χ4v) is 4.08. The maximum Gasteiger partial charge on any atom is 0.115 e. The molecule has 2 atom stereocenters. The molecule has 3 heteroatoms. The van der Waals surface area contributed by atoms with Gasteiger partial charge in [0.2, 0.25) is 0 Å². The molecule has 17 heavy (non-hydrogen) atoms. The van der Waals surface area contributed by atoms with E-state index in [-0.39, 0.29) is 0 Å². The molecule has 0 spiro atoms. The van der Waals surface area contributed by atoms with Crippen molar-refractivity contribution in [3.8, 4) is 5.75 Å². The first kappa shape index (κ1) is 11.4. The molecule has 0 saturated carbocycles. The van der Waals surface area contributed by atoms with E-state index < -0.39 is 0 Å². The van der Waals surface area contributed by atoms with Crippen LogP contribution in [0, 0.1) is 0 Å². The van der Waals surface area contributed by atoms with Crippen molar-refractivity contribution in [1.82, 2.24) is 5.32 Å². The first-order valence-electron chi connectivity index (χ1n) is 6.48. The highest BCUT2D eigenvalue weighted by molar-refractivity contribution is 7.99. The Morgan fingerprint density at radius 3 is 3.06 bits per heavy atom. The molecule has 92 valence electrons. The number of hydrogen-bond acceptors (Lipinski definition) is 3. The van der Waals surface area contributed by atoms with Gasteiger partial charge in [-0.3, -0.25) is 0 Å². The number of phenolic OH excluding ortho intramolecular Hbond substituents is 1. The zero-order valence-corrected chi connectivity index (χ0v) is 10.8. The van der Waals surface area contributed by atoms with Gasteiger partial charge in [-0.15, -0.1) is 0 Å². The van der Waals surface area contributed by atoms with Crippen molar-refractivity contribution < 1.29 is 5.11 Å². The van der Waals surface area contributed by atoms with Crippen molar-refractivity contribution in [3.63, 3.8) is 0 Å². The molecule has 2 unspecified atom stereocenters. The molecule has 2 aliphatic rings. The summed E-state index contributed by atoms with van der Waals surface area (Å²) in [7, 11) is 0. The van der Waals surface area contributed by atoms with Gasteiger partial charge in [0.05, 0.1) is 0 Å². The Bertz CT molecular complexity index is 401. The maximum atomic E-state index is 9.63. The fraction of sp³-hybridized carbons (Fsp3) is 0.571. The summed E-state index contributed by atoms with van der Waals surface area (Å²) in [6.07, 6.45) is 4.91. The normalized spacial score (nSPS) is 28.0. The number of aryl methyl sites for hydroxylation is 1. The molecule has 1 aliphatic carbocycles. The lowest BCUT2D eigenvalue weighted by molar-refractivity contribution is 0.408. The molecule has 0 radical (unpaired) electrons. The van der Waals surface area contributed by atoms with E-state index >= 15 is 0 Å². The molecule has 1 heterocycles. The van der Waals surface area contributed by atoms with Gasteiger partial charge in [-0.1, -0.05) is 6.07 Å². The molecule has 1 fully saturated rings. The highest BCUT2D eigenvalue weighted by Gasteiger charge is 2.24. The van der Waals surface area contributed by atoms with Crippen molar-refractivity contribution in [2.45, 2.75) is 37.8 Å². The summed E-state index contributed by atoms with van der Waals surface area (Å²) in [6.45, 7) is 0. The van der Waals surface area contributed by atoms with Crippen LogP contribution in [0.5, 0.6) is 5.75 Å². The molecular weight excluding hydrogens is 230 g/mol. The summed E-state index contributed by atoms with van der Waals surface area (Å²) in [4.78, 5) is 0. The molecular formula is C14H19NOS. The Morgan fingerprint density at radius 1 is 1.29 bits per heavy atom. The second kappa shape index (κ2) is 4.91. The summed E-state index contributed by atoms with van der Waals surface area (Å²) < 4.78 is 0. The molecule has 1 aromatic rings. The fourth-order valence-electron chi connectivity index (χ4n) is 2.91. The quantitative estimate of drug-likeness (QED) is 0.845. The van der Waals surface area contributed by atoms with Crippen LogP contribution in [-0.2, 0) is 6.42 Å². The lowest BCUT2D eigenvalue weighted by Gasteiger charge is -2.29. The minimum atomic E-state index is 0.401. The summed E-state index contributed by atoms with van der Waals surface area (Å²) >= 11 is 2.04. The lowest BCUT2D eigenvalue weighted by atomic mass is 9.87. The molecule has 1 aromatic carbocycles. The van der Waals surface area contributed by atoms with E-state index in [9.17, 15) is 5.11 Å². The SMILES string of the molecule is Oc1ccc2c(c1)C(NC1CCSC1)CCC2. The van der Waals surface area contributed by atoms with Gasteiger partial charge in [0.1, 0.15) is 5.75 Å². The van der Waals surface area contributed by atoms with Gasteiger partial charge in [-0.05, 0) is 54.7 Å². The Morgan fingerprint density at radius 2 is 2.24 bits per heavy atom. The summed E-state index contributed by atoms with van der Waals surface area (Å²) in [6, 6.07) is 6.97. The lowest BCUT2D eigenvalue weighted by Crippen LogP contribution is -2.34. The number of nitrogens with one attached hydrogen (secondary N) is 1. The predicted octanol–water partition coefficient (Wildman–Crippen LogP) is 2.86. The Labute approximate surface area is 107 Å². The average molecular weight is 249 g/mol. The third kappa shape index (κ3) is 2.45. The molecule has 1 aliphatic heterocycles. The third-order valence-electron chi connectivity index (χ3n) is 3.81. The Balaban J connectivity index is 1.80. The standard InChI is InChI=1S/C14H19NOS/c16-12-5-4-10-2-1-3-14(13(10)8-12)15-11-6-7-17-9-11/h4-5,8,11,14-16H,1-3,6-7,9H2. The number of hydrogen-bond donors (Lipinski definition) is 2. The maximum absolute atomic E-state index is 9.63. The molecule has 1 saturated heterocycles. The van der Waals surface area contributed by atoms with E-state index in [1.165, 1.54) is 41.9 Å². The van der Waals surface area contributed by atoms with Crippen LogP contribution in [0.3, 0.4) is 0 Å². The Hall–Kier alpha value is -0.670. The van der Waals surface area contributed by atoms with Crippen LogP contribution in [-0.4, -0.2) is 22.7 Å². The number of rotatable bonds is 2. The van der Waals surface area contributed by atoms with Crippen molar-refractivity contribution in [3.05, 3.63) is 29.3 Å². The van der Waals surface area contributed by atoms with E-state index in [2.05, 4.69) is 11.4 Å². The first-order chi connectivity index (χ1) is 8.33. The van der Waals surface area contributed by atoms with Crippen molar-refractivity contribution in [2.24, 2.45) is 0 Å². The third-order valence-corrected chi connectivity index (χ3v) is 4.97. The summed E-state index contributed by atoms with van der Waals surface area (Å²) in [5.41, 5.74) is 2.74. The second-order valence-electron chi connectivity index (χ2n) is 5.06. The monoisotopic (exact) mass is 249 g/mol. The molecule has 2 N–H and O–H groups in total. The predicted molar refractivity (Wildman–Crippen MR) is 72.7 cm³/mol. The zero-order chi connectivity index (χ0) is 11.7. The molecule has 3 rings (SSSR count). The Kier molecular flexibility index (Phi) is 3.30. The number of benzene rings is 1. The highest BCUT2D eigenvalue weighted by atomic mass is 32.2. The summed E-state index contributed by atoms with van der Waals surface area (Å²) in [5.74, 6) is 2.93. The number of phenols is 1. The minimum absolute atomic E-state index is 0.401. The van der Waals surface area contributed by atoms with Gasteiger partial charge in [0.15, 0.2) is 0 Å². The van der Waals surface area contributed by atoms with E-state index in [0.29, 0.717) is 17.8 Å². The van der Waals surface area contributed by atoms with Gasteiger partial charge in [-0.2, -0.15) is 11.8 Å². The van der Waals surface area contributed by atoms with Gasteiger partial charge >= 0.3 is 0 Å². The molecule has 0 amide bonds. The van der Waals surface area contributed by atoms with Crippen LogP contribution >= 0.6 is 11.8 Å².